The first-order valence-electron chi connectivity index (χ1n) is 21.9. The Balaban J connectivity index is 1.37. The zero-order valence-corrected chi connectivity index (χ0v) is 42.3. The second-order valence-corrected chi connectivity index (χ2v) is 22.3. The molecule has 0 radical (unpaired) electrons. The molecule has 5 aliphatic heterocycles. The predicted molar refractivity (Wildman–Crippen MR) is 227 cm³/mol. The maximum Gasteiger partial charge on any atom is 0.397 e. The van der Waals surface area contributed by atoms with Crippen molar-refractivity contribution in [1.29, 1.82) is 0 Å². The van der Waals surface area contributed by atoms with E-state index in [-0.39, 0.29) is 0 Å². The Bertz CT molecular complexity index is 2330. The summed E-state index contributed by atoms with van der Waals surface area (Å²) >= 11 is 0. The maximum absolute atomic E-state index is 12.6. The number of nitrogens with zero attached hydrogens (tertiary/aromatic N) is 1. The van der Waals surface area contributed by atoms with E-state index in [9.17, 15) is 87.7 Å². The van der Waals surface area contributed by atoms with E-state index in [4.69, 9.17) is 51.4 Å². The molecule has 5 aliphatic rings. The summed E-state index contributed by atoms with van der Waals surface area (Å²) in [6, 6.07) is 0. The highest BCUT2D eigenvalue weighted by molar-refractivity contribution is 7.81. The van der Waals surface area contributed by atoms with Crippen LogP contribution in [0.25, 0.3) is 0 Å². The Morgan fingerprint density at radius 3 is 1.45 bits per heavy atom. The minimum Gasteiger partial charge on any atom is -0.479 e. The number of hydrogen-bond acceptors (Lipinski definition) is 29. The van der Waals surface area contributed by atoms with E-state index in [0.717, 1.165) is 0 Å². The molecular weight excluding hydrogens is 1090 g/mol. The zero-order chi connectivity index (χ0) is 55.0. The molecule has 25 atom stereocenters. The van der Waals surface area contributed by atoms with Crippen molar-refractivity contribution in [3.8, 4) is 0 Å². The molecular formula is C35H59NO33S4. The molecule has 0 bridgehead atoms. The minimum absolute atomic E-state index is 0.774. The molecule has 73 heavy (non-hydrogen) atoms. The topological polar surface area (TPSA) is 505 Å². The molecule has 426 valence electrons. The van der Waals surface area contributed by atoms with Gasteiger partial charge in [-0.15, -0.1) is 4.91 Å². The number of carbonyl (C=O) groups is 1. The molecule has 10 N–H and O–H groups in total. The highest BCUT2D eigenvalue weighted by Crippen LogP contribution is 2.42. The van der Waals surface area contributed by atoms with Crippen molar-refractivity contribution in [2.45, 2.75) is 164 Å². The van der Waals surface area contributed by atoms with Crippen LogP contribution in [0.5, 0.6) is 0 Å². The lowest BCUT2D eigenvalue weighted by molar-refractivity contribution is -0.373. The second kappa shape index (κ2) is 24.3. The molecule has 5 rings (SSSR count). The average Bonchev–Trinajstić information content (AvgIpc) is 3.27. The van der Waals surface area contributed by atoms with Crippen LogP contribution in [0.3, 0.4) is 0 Å². The van der Waals surface area contributed by atoms with E-state index in [0.29, 0.717) is 0 Å². The monoisotopic (exact) mass is 1150 g/mol. The summed E-state index contributed by atoms with van der Waals surface area (Å²) in [7, 11) is -20.9. The van der Waals surface area contributed by atoms with Crippen LogP contribution in [0.1, 0.15) is 41.5 Å². The number of aliphatic hydroxyl groups excluding tert-OH is 5. The molecule has 0 amide bonds. The molecule has 0 spiro atoms. The predicted octanol–water partition coefficient (Wildman–Crippen LogP) is -4.35. The molecule has 5 saturated heterocycles. The van der Waals surface area contributed by atoms with E-state index in [1.54, 1.807) is 0 Å². The molecule has 38 heteroatoms. The molecule has 10 unspecified atom stereocenters. The normalized spacial score (nSPS) is 44.3. The van der Waals surface area contributed by atoms with Crippen molar-refractivity contribution in [1.82, 2.24) is 0 Å². The summed E-state index contributed by atoms with van der Waals surface area (Å²) in [6.45, 7) is 5.07. The molecule has 0 saturated carbocycles. The molecule has 0 aromatic rings. The lowest BCUT2D eigenvalue weighted by atomic mass is 9.84. The van der Waals surface area contributed by atoms with Crippen molar-refractivity contribution in [2.24, 2.45) is 34.8 Å². The summed E-state index contributed by atoms with van der Waals surface area (Å²) in [6.07, 6.45) is -36.7. The van der Waals surface area contributed by atoms with Crippen molar-refractivity contribution < 1.29 is 147 Å². The Labute approximate surface area is 417 Å². The lowest BCUT2D eigenvalue weighted by Crippen LogP contribution is -2.65. The van der Waals surface area contributed by atoms with Crippen LogP contribution < -0.4 is 0 Å². The van der Waals surface area contributed by atoms with Gasteiger partial charge < -0.3 is 73.3 Å². The molecule has 0 aromatic heterocycles. The Morgan fingerprint density at radius 1 is 0.452 bits per heavy atom. The fourth-order valence-corrected chi connectivity index (χ4v) is 10.2. The van der Waals surface area contributed by atoms with Gasteiger partial charge in [-0.2, -0.15) is 33.7 Å². The van der Waals surface area contributed by atoms with Gasteiger partial charge in [-0.25, -0.2) is 21.5 Å². The quantitative estimate of drug-likeness (QED) is 0.0384. The first-order chi connectivity index (χ1) is 33.5. The average molecular weight is 1150 g/mol. The molecule has 34 nitrogen and oxygen atoms in total. The Hall–Kier alpha value is -2.01. The lowest BCUT2D eigenvalue weighted by Gasteiger charge is -2.50. The molecule has 5 fully saturated rings. The molecule has 5 heterocycles. The number of aliphatic carboxylic acids is 1. The summed E-state index contributed by atoms with van der Waals surface area (Å²) in [5.74, 6) is -7.45. The summed E-state index contributed by atoms with van der Waals surface area (Å²) in [5, 5.41) is 67.9. The van der Waals surface area contributed by atoms with Gasteiger partial charge in [-0.1, -0.05) is 34.6 Å². The van der Waals surface area contributed by atoms with Crippen LogP contribution in [0, 0.1) is 34.5 Å². The van der Waals surface area contributed by atoms with Gasteiger partial charge in [0.25, 0.3) is 0 Å². The number of ether oxygens (including phenoxy) is 9. The summed E-state index contributed by atoms with van der Waals surface area (Å²) < 4.78 is 201. The van der Waals surface area contributed by atoms with Crippen LogP contribution >= 0.6 is 0 Å². The van der Waals surface area contributed by atoms with E-state index < -0.39 is 220 Å². The van der Waals surface area contributed by atoms with Crippen LogP contribution in [0.15, 0.2) is 5.18 Å². The number of hydrogen-bond donors (Lipinski definition) is 10. The van der Waals surface area contributed by atoms with Gasteiger partial charge in [-0.05, 0) is 18.0 Å². The third kappa shape index (κ3) is 15.8. The van der Waals surface area contributed by atoms with Gasteiger partial charge in [0.15, 0.2) is 31.3 Å². The fourth-order valence-electron chi connectivity index (χ4n) is 8.72. The highest BCUT2D eigenvalue weighted by atomic mass is 32.3. The largest absolute Gasteiger partial charge is 0.479 e. The standard InChI is InChI=1S/C35H59NO33S4/c1-10-11(2)32(64-25-14(5)26(69-73(54,55)56)35(68-30(25)36-44)65-27-18(9-59-72(51,52)53)60-15(6)12(3)20(27)38)62-17(8-58-71(48,49)50)24(10)63-34-23(41)22(40)28(29(67-34)31(42)43)66-33-13(4)19(37)21(39)16(61-33)7-57-70(45,46)47/h10-30,32-35,37-41H,7-9H2,1-6H3,(H,42,43)(H,45,46,47)(H,48,49,50)(H,51,52,53)(H,54,55,56)/t10-,11?,12?,13?,14?,15-,16?,17?,18?,19-,20-,21-,22-,23?,24+,25+,26?,27-,28+,29?,30-,32-,33-,34-,35-/m1/s1. The third-order valence-corrected chi connectivity index (χ3v) is 14.9. The highest BCUT2D eigenvalue weighted by Gasteiger charge is 2.57. The number of carboxylic acids is 1. The van der Waals surface area contributed by atoms with Gasteiger partial charge in [0.1, 0.15) is 61.0 Å². The van der Waals surface area contributed by atoms with Crippen molar-refractivity contribution in [3.63, 3.8) is 0 Å². The van der Waals surface area contributed by atoms with Gasteiger partial charge in [0, 0.05) is 23.7 Å². The second-order valence-electron chi connectivity index (χ2n) is 18.0. The number of aliphatic hydroxyl groups is 5. The van der Waals surface area contributed by atoms with Crippen LogP contribution in [0.2, 0.25) is 0 Å². The fraction of sp³-hybridized carbons (Fsp3) is 0.971. The zero-order valence-electron chi connectivity index (χ0n) is 39.0. The third-order valence-electron chi connectivity index (χ3n) is 13.1. The van der Waals surface area contributed by atoms with Crippen LogP contribution in [0.4, 0.5) is 0 Å². The van der Waals surface area contributed by atoms with E-state index in [1.807, 2.05) is 0 Å². The van der Waals surface area contributed by atoms with Crippen molar-refractivity contribution >= 4 is 47.6 Å². The van der Waals surface area contributed by atoms with Gasteiger partial charge in [0.2, 0.25) is 6.23 Å². The van der Waals surface area contributed by atoms with Gasteiger partial charge >= 0.3 is 47.6 Å². The van der Waals surface area contributed by atoms with Gasteiger partial charge in [0.05, 0.1) is 44.2 Å². The van der Waals surface area contributed by atoms with Crippen molar-refractivity contribution in [2.75, 3.05) is 19.8 Å². The molecule has 0 aliphatic carbocycles. The summed E-state index contributed by atoms with van der Waals surface area (Å²) in [5.41, 5.74) is 0. The van der Waals surface area contributed by atoms with Crippen LogP contribution in [-0.2, 0) is 106 Å². The maximum atomic E-state index is 12.6. The minimum atomic E-state index is -5.45. The Kier molecular flexibility index (Phi) is 20.6. The van der Waals surface area contributed by atoms with Gasteiger partial charge in [-0.3, -0.25) is 18.2 Å². The first kappa shape index (κ1) is 61.8. The SMILES string of the molecule is CC1[C@@H](O[C@H]2C(C)C(OS(=O)(=O)O)[C@H](O[C@@H]3C(COS(=O)(=O)O)O[C@H](C)C(C)[C@H]3O)O[C@H]2N=O)OC(COS(=O)(=O)O)[C@@H](O[C@@H]2OC(C(=O)O)[C@@H](O[C@H]3OC(COS(=O)(=O)O)[C@@H](O)[C@H](O)C3C)[C@H](O)C2O)[C@@H]1C. The number of rotatable bonds is 21. The summed E-state index contributed by atoms with van der Waals surface area (Å²) in [4.78, 5) is 25.1. The van der Waals surface area contributed by atoms with E-state index in [1.165, 1.54) is 41.5 Å². The van der Waals surface area contributed by atoms with Crippen molar-refractivity contribution in [3.05, 3.63) is 4.91 Å². The number of nitroso groups, excluding NO2 is 1. The number of carboxylic acid groups (broad SMARTS) is 1. The van der Waals surface area contributed by atoms with Crippen LogP contribution in [-0.4, -0.2) is 231 Å². The smallest absolute Gasteiger partial charge is 0.397 e. The molecule has 0 aromatic carbocycles. The Morgan fingerprint density at radius 2 is 0.932 bits per heavy atom. The first-order valence-corrected chi connectivity index (χ1v) is 27.3. The van der Waals surface area contributed by atoms with E-state index >= 15 is 0 Å². The van der Waals surface area contributed by atoms with E-state index in [2.05, 4.69) is 17.7 Å².